The maximum Gasteiger partial charge on any atom is 0.131 e. The van der Waals surface area contributed by atoms with Gasteiger partial charge < -0.3 is 10.6 Å². The van der Waals surface area contributed by atoms with Crippen LogP contribution < -0.4 is 10.6 Å². The number of nitrogens with two attached hydrogens (primary N) is 1. The molecule has 2 N–H and O–H groups in total. The lowest BCUT2D eigenvalue weighted by molar-refractivity contribution is 0.784. The quantitative estimate of drug-likeness (QED) is 0.847. The van der Waals surface area contributed by atoms with Gasteiger partial charge in [0.05, 0.1) is 10.6 Å². The van der Waals surface area contributed by atoms with Gasteiger partial charge in [0.1, 0.15) is 15.9 Å². The van der Waals surface area contributed by atoms with Crippen molar-refractivity contribution < 1.29 is 0 Å². The summed E-state index contributed by atoms with van der Waals surface area (Å²) in [6, 6.07) is 2.19. The van der Waals surface area contributed by atoms with Crippen molar-refractivity contribution in [1.29, 1.82) is 5.26 Å². The third kappa shape index (κ3) is 2.51. The highest BCUT2D eigenvalue weighted by atomic mass is 32.2. The van der Waals surface area contributed by atoms with E-state index in [9.17, 15) is 0 Å². The Labute approximate surface area is 114 Å². The molecule has 2 heterocycles. The van der Waals surface area contributed by atoms with Crippen molar-refractivity contribution in [2.45, 2.75) is 17.1 Å². The Morgan fingerprint density at radius 3 is 2.94 bits per heavy atom. The topological polar surface area (TPSA) is 53.0 Å². The van der Waals surface area contributed by atoms with Crippen molar-refractivity contribution in [2.24, 2.45) is 0 Å². The number of thioether (sulfide) groups is 2. The van der Waals surface area contributed by atoms with Crippen LogP contribution in [0.5, 0.6) is 0 Å². The fraction of sp³-hybridized carbons (Fsp3) is 0.545. The van der Waals surface area contributed by atoms with Crippen LogP contribution in [-0.2, 0) is 0 Å². The van der Waals surface area contributed by atoms with Gasteiger partial charge in [0.15, 0.2) is 0 Å². The predicted octanol–water partition coefficient (Wildman–Crippen LogP) is 2.87. The zero-order valence-electron chi connectivity index (χ0n) is 9.90. The Balaban J connectivity index is 2.34. The van der Waals surface area contributed by atoms with Crippen LogP contribution in [-0.4, -0.2) is 30.3 Å². The van der Waals surface area contributed by atoms with Crippen LogP contribution in [0.1, 0.15) is 11.8 Å². The number of anilines is 2. The van der Waals surface area contributed by atoms with Gasteiger partial charge >= 0.3 is 0 Å². The van der Waals surface area contributed by atoms with Gasteiger partial charge in [0.2, 0.25) is 0 Å². The zero-order chi connectivity index (χ0) is 12.4. The summed E-state index contributed by atoms with van der Waals surface area (Å²) in [4.78, 5) is 4.09. The van der Waals surface area contributed by atoms with E-state index in [1.54, 1.807) is 11.8 Å². The average Bonchev–Trinajstić information content (AvgIpc) is 2.65. The summed E-state index contributed by atoms with van der Waals surface area (Å²) in [5, 5.41) is 10.9. The highest BCUT2D eigenvalue weighted by molar-refractivity contribution is 8.00. The Morgan fingerprint density at radius 2 is 2.35 bits per heavy atom. The summed E-state index contributed by atoms with van der Waals surface area (Å²) in [5.41, 5.74) is 6.66. The maximum atomic E-state index is 9.05. The van der Waals surface area contributed by atoms with Gasteiger partial charge in [-0.25, -0.2) is 0 Å². The summed E-state index contributed by atoms with van der Waals surface area (Å²) in [7, 11) is 0. The van der Waals surface area contributed by atoms with E-state index in [-0.39, 0.29) is 0 Å². The lowest BCUT2D eigenvalue weighted by Gasteiger charge is -2.31. The van der Waals surface area contributed by atoms with Crippen LogP contribution in [0.15, 0.2) is 4.90 Å². The van der Waals surface area contributed by atoms with Crippen LogP contribution in [0.4, 0.5) is 10.7 Å². The molecule has 0 aliphatic carbocycles. The second kappa shape index (κ2) is 5.42. The summed E-state index contributed by atoms with van der Waals surface area (Å²) >= 11 is 5.17. The molecule has 1 aliphatic heterocycles. The molecular weight excluding hydrogens is 270 g/mol. The summed E-state index contributed by atoms with van der Waals surface area (Å²) in [6.45, 7) is 4.34. The van der Waals surface area contributed by atoms with E-state index in [4.69, 9.17) is 11.0 Å². The number of nitrogen functional groups attached to an aromatic ring is 1. The van der Waals surface area contributed by atoms with Crippen molar-refractivity contribution in [1.82, 2.24) is 0 Å². The predicted molar refractivity (Wildman–Crippen MR) is 79.4 cm³/mol. The first-order chi connectivity index (χ1) is 8.17. The van der Waals surface area contributed by atoms with Crippen molar-refractivity contribution in [2.75, 3.05) is 35.7 Å². The fourth-order valence-corrected chi connectivity index (χ4v) is 4.94. The zero-order valence-corrected chi connectivity index (χ0v) is 12.3. The Hall–Kier alpha value is -0.510. The van der Waals surface area contributed by atoms with Gasteiger partial charge in [-0.1, -0.05) is 6.92 Å². The van der Waals surface area contributed by atoms with Gasteiger partial charge in [0, 0.05) is 24.1 Å². The first kappa shape index (κ1) is 12.9. The highest BCUT2D eigenvalue weighted by Crippen LogP contribution is 2.44. The summed E-state index contributed by atoms with van der Waals surface area (Å²) in [6.07, 6.45) is 2.02. The molecule has 92 valence electrons. The Kier molecular flexibility index (Phi) is 4.13. The number of nitriles is 1. The minimum Gasteiger partial charge on any atom is -0.396 e. The molecule has 1 unspecified atom stereocenters. The molecule has 3 nitrogen and oxygen atoms in total. The van der Waals surface area contributed by atoms with Gasteiger partial charge in [-0.3, -0.25) is 0 Å². The largest absolute Gasteiger partial charge is 0.396 e. The minimum absolute atomic E-state index is 0.646. The molecule has 1 aromatic heterocycles. The summed E-state index contributed by atoms with van der Waals surface area (Å²) in [5.74, 6) is 1.15. The average molecular weight is 285 g/mol. The molecule has 2 rings (SSSR count). The monoisotopic (exact) mass is 285 g/mol. The van der Waals surface area contributed by atoms with E-state index in [1.807, 2.05) is 18.0 Å². The number of hydrogen-bond acceptors (Lipinski definition) is 6. The first-order valence-corrected chi connectivity index (χ1v) is 8.49. The van der Waals surface area contributed by atoms with Crippen LogP contribution in [0.2, 0.25) is 0 Å². The minimum atomic E-state index is 0.646. The van der Waals surface area contributed by atoms with Gasteiger partial charge in [-0.2, -0.15) is 17.0 Å². The smallest absolute Gasteiger partial charge is 0.131 e. The Bertz CT molecular complexity index is 450. The van der Waals surface area contributed by atoms with Crippen molar-refractivity contribution in [3.63, 3.8) is 0 Å². The van der Waals surface area contributed by atoms with Gasteiger partial charge in [-0.05, 0) is 6.26 Å². The molecular formula is C11H15N3S3. The SMILES string of the molecule is CSc1c(N2CCSC(C)C2)sc(C#N)c1N. The van der Waals surface area contributed by atoms with Crippen molar-refractivity contribution in [3.8, 4) is 6.07 Å². The van der Waals surface area contributed by atoms with Gasteiger partial charge in [0.25, 0.3) is 0 Å². The van der Waals surface area contributed by atoms with Crippen molar-refractivity contribution >= 4 is 45.5 Å². The molecule has 6 heteroatoms. The second-order valence-electron chi connectivity index (χ2n) is 3.92. The van der Waals surface area contributed by atoms with Crippen LogP contribution in [0.3, 0.4) is 0 Å². The van der Waals surface area contributed by atoms with Crippen LogP contribution in [0.25, 0.3) is 0 Å². The first-order valence-electron chi connectivity index (χ1n) is 5.40. The molecule has 0 amide bonds. The molecule has 1 aromatic rings. The van der Waals surface area contributed by atoms with E-state index in [0.717, 1.165) is 23.7 Å². The second-order valence-corrected chi connectivity index (χ2v) is 7.28. The molecule has 0 aromatic carbocycles. The standard InChI is InChI=1S/C11H15N3S3/c1-7-6-14(3-4-16-7)11-10(15-2)9(13)8(5-12)17-11/h7H,3-4,6,13H2,1-2H3. The highest BCUT2D eigenvalue weighted by Gasteiger charge is 2.24. The molecule has 1 atom stereocenters. The van der Waals surface area contributed by atoms with E-state index in [0.29, 0.717) is 15.8 Å². The molecule has 1 fully saturated rings. The van der Waals surface area contributed by atoms with Crippen LogP contribution in [0, 0.1) is 11.3 Å². The van der Waals surface area contributed by atoms with E-state index in [1.165, 1.54) is 16.3 Å². The third-order valence-corrected chi connectivity index (χ3v) is 5.97. The third-order valence-electron chi connectivity index (χ3n) is 2.72. The molecule has 0 radical (unpaired) electrons. The van der Waals surface area contributed by atoms with Gasteiger partial charge in [-0.15, -0.1) is 23.1 Å². The fourth-order valence-electron chi connectivity index (χ4n) is 1.91. The normalized spacial score (nSPS) is 20.3. The molecule has 1 saturated heterocycles. The number of hydrogen-bond donors (Lipinski definition) is 1. The molecule has 0 saturated carbocycles. The van der Waals surface area contributed by atoms with E-state index in [2.05, 4.69) is 17.9 Å². The lowest BCUT2D eigenvalue weighted by atomic mass is 10.3. The Morgan fingerprint density at radius 1 is 1.59 bits per heavy atom. The molecule has 1 aliphatic rings. The van der Waals surface area contributed by atoms with E-state index >= 15 is 0 Å². The number of rotatable bonds is 2. The lowest BCUT2D eigenvalue weighted by Crippen LogP contribution is -2.36. The van der Waals surface area contributed by atoms with Crippen LogP contribution >= 0.6 is 34.9 Å². The van der Waals surface area contributed by atoms with E-state index < -0.39 is 0 Å². The summed E-state index contributed by atoms with van der Waals surface area (Å²) < 4.78 is 0. The maximum absolute atomic E-state index is 9.05. The molecule has 0 spiro atoms. The number of nitrogens with zero attached hydrogens (tertiary/aromatic N) is 2. The molecule has 0 bridgehead atoms. The number of thiophene rings is 1. The van der Waals surface area contributed by atoms with Crippen molar-refractivity contribution in [3.05, 3.63) is 4.88 Å². The molecule has 17 heavy (non-hydrogen) atoms.